The fraction of sp³-hybridized carbons (Fsp3) is 0.133. The van der Waals surface area contributed by atoms with Crippen LogP contribution >= 0.6 is 94.1 Å². The first-order valence-corrected chi connectivity index (χ1v) is 13.9. The van der Waals surface area contributed by atoms with E-state index in [1.807, 2.05) is 106 Å². The van der Waals surface area contributed by atoms with Crippen molar-refractivity contribution in [2.24, 2.45) is 0 Å². The number of hydrogen-bond acceptors (Lipinski definition) is 9. The summed E-state index contributed by atoms with van der Waals surface area (Å²) in [6.45, 7) is 0. The second-order valence-corrected chi connectivity index (χ2v) is 15.0. The molecular formula is C15H9NS8. The molecule has 0 radical (unpaired) electrons. The van der Waals surface area contributed by atoms with Crippen LogP contribution in [0.4, 0.5) is 0 Å². The molecule has 1 aromatic rings. The topological polar surface area (TPSA) is 12.9 Å². The number of aromatic nitrogens is 1. The Bertz CT molecular complexity index is 781. The molecular weight excluding hydrogens is 451 g/mol. The van der Waals surface area contributed by atoms with Crippen molar-refractivity contribution in [3.05, 3.63) is 59.8 Å². The molecule has 0 atom stereocenters. The standard InChI is InChI=1S/C15H9NS8/c1-3-16-4-2-8(1)7-9-19-12-13(20-9)24-15(23-12)14-21-10-11(22-14)18-6-5-17-10/h1-4,7H,5-6H2. The van der Waals surface area contributed by atoms with Crippen LogP contribution < -0.4 is 0 Å². The van der Waals surface area contributed by atoms with Gasteiger partial charge in [-0.25, -0.2) is 0 Å². The lowest BCUT2D eigenvalue weighted by atomic mass is 10.3. The average Bonchev–Trinajstić information content (AvgIpc) is 3.27. The Kier molecular flexibility index (Phi) is 5.32. The molecule has 122 valence electrons. The third-order valence-electron chi connectivity index (χ3n) is 3.17. The van der Waals surface area contributed by atoms with Crippen molar-refractivity contribution >= 4 is 100 Å². The maximum absolute atomic E-state index is 4.08. The van der Waals surface area contributed by atoms with Crippen molar-refractivity contribution in [3.63, 3.8) is 0 Å². The summed E-state index contributed by atoms with van der Waals surface area (Å²) in [5, 5.41) is 0. The summed E-state index contributed by atoms with van der Waals surface area (Å²) >= 11 is 15.8. The van der Waals surface area contributed by atoms with E-state index in [1.165, 1.54) is 46.7 Å². The predicted octanol–water partition coefficient (Wildman–Crippen LogP) is 7.68. The molecule has 24 heavy (non-hydrogen) atoms. The Labute approximate surface area is 175 Å². The largest absolute Gasteiger partial charge is 0.265 e. The molecule has 0 aliphatic carbocycles. The monoisotopic (exact) mass is 459 g/mol. The van der Waals surface area contributed by atoms with Crippen LogP contribution in [0.15, 0.2) is 54.2 Å². The van der Waals surface area contributed by atoms with Crippen LogP contribution in [0.25, 0.3) is 6.08 Å². The van der Waals surface area contributed by atoms with Crippen molar-refractivity contribution in [2.45, 2.75) is 0 Å². The highest BCUT2D eigenvalue weighted by Gasteiger charge is 2.35. The summed E-state index contributed by atoms with van der Waals surface area (Å²) in [5.41, 5.74) is 1.22. The molecule has 0 fully saturated rings. The zero-order valence-corrected chi connectivity index (χ0v) is 18.5. The molecule has 4 aliphatic heterocycles. The van der Waals surface area contributed by atoms with Crippen LogP contribution in [0.1, 0.15) is 5.56 Å². The van der Waals surface area contributed by atoms with Gasteiger partial charge >= 0.3 is 0 Å². The van der Waals surface area contributed by atoms with Gasteiger partial charge in [-0.05, 0) is 23.8 Å². The lowest BCUT2D eigenvalue weighted by Crippen LogP contribution is -1.88. The first-order chi connectivity index (χ1) is 11.8. The van der Waals surface area contributed by atoms with Crippen LogP contribution in [0, 0.1) is 0 Å². The molecule has 0 saturated heterocycles. The van der Waals surface area contributed by atoms with E-state index in [1.54, 1.807) is 0 Å². The minimum absolute atomic E-state index is 1.22. The number of pyridine rings is 1. The number of hydrogen-bond donors (Lipinski definition) is 0. The summed E-state index contributed by atoms with van der Waals surface area (Å²) < 4.78 is 10.3. The highest BCUT2D eigenvalue weighted by Crippen LogP contribution is 2.71. The van der Waals surface area contributed by atoms with Gasteiger partial charge in [0.2, 0.25) is 0 Å². The lowest BCUT2D eigenvalue weighted by molar-refractivity contribution is 1.32. The third kappa shape index (κ3) is 3.52. The van der Waals surface area contributed by atoms with Crippen LogP contribution in [0.3, 0.4) is 0 Å². The highest BCUT2D eigenvalue weighted by atomic mass is 32.3. The van der Waals surface area contributed by atoms with E-state index in [0.29, 0.717) is 0 Å². The van der Waals surface area contributed by atoms with E-state index >= 15 is 0 Å². The van der Waals surface area contributed by atoms with Gasteiger partial charge in [-0.1, -0.05) is 70.6 Å². The van der Waals surface area contributed by atoms with Crippen molar-refractivity contribution < 1.29 is 0 Å². The summed E-state index contributed by atoms with van der Waals surface area (Å²) in [6, 6.07) is 4.12. The zero-order chi connectivity index (χ0) is 15.9. The highest BCUT2D eigenvalue weighted by molar-refractivity contribution is 8.49. The van der Waals surface area contributed by atoms with Crippen LogP contribution in [0.5, 0.6) is 0 Å². The average molecular weight is 460 g/mol. The Hall–Kier alpha value is 0.910. The SMILES string of the molecule is C(=C1SC2=C(S1)SC(=C1SC3=C(SCCS3)S1)S2)c1ccncc1. The smallest absolute Gasteiger partial charge is 0.0718 e. The molecule has 9 heteroatoms. The first kappa shape index (κ1) is 17.0. The van der Waals surface area contributed by atoms with Crippen LogP contribution in [0.2, 0.25) is 0 Å². The maximum Gasteiger partial charge on any atom is 0.0718 e. The number of rotatable bonds is 1. The minimum Gasteiger partial charge on any atom is -0.265 e. The summed E-state index contributed by atoms with van der Waals surface area (Å²) in [5.74, 6) is 2.51. The molecule has 0 spiro atoms. The third-order valence-corrected chi connectivity index (χ3v) is 15.0. The molecule has 0 N–H and O–H groups in total. The van der Waals surface area contributed by atoms with E-state index in [9.17, 15) is 0 Å². The van der Waals surface area contributed by atoms with Gasteiger partial charge in [-0.15, -0.1) is 23.5 Å². The van der Waals surface area contributed by atoms with Crippen LogP contribution in [-0.2, 0) is 0 Å². The van der Waals surface area contributed by atoms with Gasteiger partial charge in [-0.3, -0.25) is 4.98 Å². The zero-order valence-electron chi connectivity index (χ0n) is 12.0. The minimum atomic E-state index is 1.22. The van der Waals surface area contributed by atoms with Crippen molar-refractivity contribution in [1.29, 1.82) is 0 Å². The van der Waals surface area contributed by atoms with E-state index < -0.39 is 0 Å². The van der Waals surface area contributed by atoms with E-state index in [2.05, 4.69) is 23.2 Å². The fourth-order valence-corrected chi connectivity index (χ4v) is 14.7. The Morgan fingerprint density at radius 1 is 0.667 bits per heavy atom. The van der Waals surface area contributed by atoms with Crippen molar-refractivity contribution in [3.8, 4) is 0 Å². The van der Waals surface area contributed by atoms with Gasteiger partial charge in [0, 0.05) is 23.9 Å². The molecule has 0 aromatic carbocycles. The molecule has 0 unspecified atom stereocenters. The van der Waals surface area contributed by atoms with Gasteiger partial charge in [0.05, 0.1) is 29.7 Å². The fourth-order valence-electron chi connectivity index (χ4n) is 2.14. The second kappa shape index (κ2) is 7.50. The Balaban J connectivity index is 1.28. The molecule has 1 aromatic heterocycles. The molecule has 1 nitrogen and oxygen atoms in total. The molecule has 0 saturated carbocycles. The molecule has 4 aliphatic rings. The van der Waals surface area contributed by atoms with Gasteiger partial charge < -0.3 is 0 Å². The van der Waals surface area contributed by atoms with E-state index in [0.717, 1.165) is 0 Å². The molecule has 5 heterocycles. The molecule has 5 rings (SSSR count). The summed E-state index contributed by atoms with van der Waals surface area (Å²) in [6.07, 6.45) is 5.96. The van der Waals surface area contributed by atoms with Gasteiger partial charge in [0.25, 0.3) is 0 Å². The van der Waals surface area contributed by atoms with Gasteiger partial charge in [-0.2, -0.15) is 0 Å². The normalized spacial score (nSPS) is 23.2. The Morgan fingerprint density at radius 2 is 1.17 bits per heavy atom. The number of nitrogens with zero attached hydrogens (tertiary/aromatic N) is 1. The van der Waals surface area contributed by atoms with E-state index in [-0.39, 0.29) is 0 Å². The molecule has 0 bridgehead atoms. The molecule has 0 amide bonds. The van der Waals surface area contributed by atoms with Crippen LogP contribution in [-0.4, -0.2) is 16.5 Å². The summed E-state index contributed by atoms with van der Waals surface area (Å²) in [7, 11) is 0. The quantitative estimate of drug-likeness (QED) is 0.415. The van der Waals surface area contributed by atoms with Gasteiger partial charge in [0.1, 0.15) is 0 Å². The second-order valence-electron chi connectivity index (χ2n) is 4.78. The Morgan fingerprint density at radius 3 is 1.75 bits per heavy atom. The number of thioether (sulfide) groups is 8. The van der Waals surface area contributed by atoms with Crippen molar-refractivity contribution in [2.75, 3.05) is 11.5 Å². The first-order valence-electron chi connectivity index (χ1n) is 7.02. The van der Waals surface area contributed by atoms with Gasteiger partial charge in [0.15, 0.2) is 0 Å². The predicted molar refractivity (Wildman–Crippen MR) is 124 cm³/mol. The summed E-state index contributed by atoms with van der Waals surface area (Å²) in [4.78, 5) is 4.08. The van der Waals surface area contributed by atoms with Crippen molar-refractivity contribution in [1.82, 2.24) is 4.98 Å². The maximum atomic E-state index is 4.08. The lowest BCUT2D eigenvalue weighted by Gasteiger charge is -2.08. The van der Waals surface area contributed by atoms with E-state index in [4.69, 9.17) is 0 Å².